The molecule has 7 rings (SSSR count). The van der Waals surface area contributed by atoms with Crippen molar-refractivity contribution in [2.75, 3.05) is 19.8 Å². The van der Waals surface area contributed by atoms with Gasteiger partial charge in [0.15, 0.2) is 12.2 Å². The van der Waals surface area contributed by atoms with Crippen molar-refractivity contribution in [3.63, 3.8) is 0 Å². The Bertz CT molecular complexity index is 2080. The summed E-state index contributed by atoms with van der Waals surface area (Å²) in [5, 5.41) is 14.4. The van der Waals surface area contributed by atoms with E-state index in [4.69, 9.17) is 38.9 Å². The van der Waals surface area contributed by atoms with Crippen LogP contribution in [0, 0.1) is 0 Å². The van der Waals surface area contributed by atoms with E-state index in [1.165, 1.54) is 13.8 Å². The van der Waals surface area contributed by atoms with Gasteiger partial charge in [0.05, 0.1) is 43.0 Å². The lowest BCUT2D eigenvalue weighted by molar-refractivity contribution is -0.162. The number of hydrogen-bond acceptors (Lipinski definition) is 14. The van der Waals surface area contributed by atoms with E-state index in [-0.39, 0.29) is 18.8 Å². The second-order valence-corrected chi connectivity index (χ2v) is 12.4. The minimum absolute atomic E-state index is 0.0201. The van der Waals surface area contributed by atoms with Crippen LogP contribution in [0.15, 0.2) is 66.7 Å². The molecule has 5 aromatic rings. The van der Waals surface area contributed by atoms with Gasteiger partial charge in [-0.2, -0.15) is 10.2 Å². The summed E-state index contributed by atoms with van der Waals surface area (Å²) < 4.78 is 40.5. The third-order valence-electron chi connectivity index (χ3n) is 8.49. The van der Waals surface area contributed by atoms with Gasteiger partial charge in [-0.1, -0.05) is 54.6 Å². The number of H-pyrrole nitrogens is 1. The lowest BCUT2D eigenvalue weighted by Gasteiger charge is -2.26. The number of tetrazole rings is 1. The summed E-state index contributed by atoms with van der Waals surface area (Å²) in [7, 11) is 0. The number of hydrogen-bond donors (Lipinski definition) is 2. The molecule has 17 heteroatoms. The number of nitrogens with two attached hydrogens (primary N) is 1. The van der Waals surface area contributed by atoms with Crippen molar-refractivity contribution >= 4 is 29.3 Å². The molecule has 0 bridgehead atoms. The number of primary amides is 1. The fraction of sp³-hybridized carbons (Fsp3) is 0.343. The minimum atomic E-state index is -1.75. The Labute approximate surface area is 296 Å². The van der Waals surface area contributed by atoms with Gasteiger partial charge in [-0.05, 0) is 41.0 Å². The molecule has 0 aliphatic carbocycles. The van der Waals surface area contributed by atoms with Gasteiger partial charge >= 0.3 is 18.2 Å². The number of nitrogens with one attached hydrogen (secondary N) is 1. The molecular weight excluding hydrogens is 678 g/mol. The largest absolute Gasteiger partial charge is 0.512 e. The van der Waals surface area contributed by atoms with Crippen LogP contribution in [0.2, 0.25) is 0 Å². The number of imidazole rings is 1. The highest BCUT2D eigenvalue weighted by molar-refractivity contribution is 6.02. The normalized spacial score (nSPS) is 19.6. The minimum Gasteiger partial charge on any atom is -0.465 e. The first kappa shape index (κ1) is 34.4. The molecule has 1 unspecified atom stereocenters. The van der Waals surface area contributed by atoms with Crippen LogP contribution in [0.4, 0.5) is 9.59 Å². The molecule has 1 amide bonds. The number of rotatable bonds is 11. The second kappa shape index (κ2) is 14.3. The molecule has 4 heterocycles. The van der Waals surface area contributed by atoms with Crippen LogP contribution in [-0.4, -0.2) is 98.4 Å². The lowest BCUT2D eigenvalue weighted by Crippen LogP contribution is -2.39. The zero-order valence-corrected chi connectivity index (χ0v) is 28.4. The second-order valence-electron chi connectivity index (χ2n) is 12.4. The predicted octanol–water partition coefficient (Wildman–Crippen LogP) is 4.01. The van der Waals surface area contributed by atoms with Gasteiger partial charge in [0.1, 0.15) is 12.2 Å². The number of esters is 1. The molecule has 270 valence electrons. The maximum atomic E-state index is 13.7. The number of carbonyl (C=O) groups is 3. The Morgan fingerprint density at radius 1 is 0.923 bits per heavy atom. The average molecular weight is 714 g/mol. The zero-order valence-electron chi connectivity index (χ0n) is 28.4. The molecule has 0 radical (unpaired) electrons. The molecule has 17 nitrogen and oxygen atoms in total. The van der Waals surface area contributed by atoms with E-state index >= 15 is 0 Å². The van der Waals surface area contributed by atoms with Crippen LogP contribution in [0.5, 0.6) is 6.01 Å². The molecule has 3 aromatic carbocycles. The van der Waals surface area contributed by atoms with Gasteiger partial charge in [-0.25, -0.2) is 14.4 Å². The molecule has 0 saturated carbocycles. The Kier molecular flexibility index (Phi) is 9.44. The molecule has 3 N–H and O–H groups in total. The third kappa shape index (κ3) is 7.08. The summed E-state index contributed by atoms with van der Waals surface area (Å²) in [5.41, 5.74) is 9.91. The summed E-state index contributed by atoms with van der Waals surface area (Å²) in [6.07, 6.45) is -4.99. The van der Waals surface area contributed by atoms with Gasteiger partial charge < -0.3 is 38.9 Å². The molecule has 4 atom stereocenters. The van der Waals surface area contributed by atoms with Gasteiger partial charge in [0.2, 0.25) is 5.82 Å². The number of aromatic nitrogens is 6. The van der Waals surface area contributed by atoms with Gasteiger partial charge in [0.25, 0.3) is 11.8 Å². The monoisotopic (exact) mass is 713 g/mol. The highest BCUT2D eigenvalue weighted by Crippen LogP contribution is 2.33. The summed E-state index contributed by atoms with van der Waals surface area (Å²) in [6, 6.07) is 21.1. The van der Waals surface area contributed by atoms with Crippen molar-refractivity contribution in [3.05, 3.63) is 77.9 Å². The molecular formula is C35H35N7O10. The zero-order chi connectivity index (χ0) is 36.4. The Hall–Kier alpha value is -6.07. The molecule has 0 spiro atoms. The maximum absolute atomic E-state index is 13.7. The highest BCUT2D eigenvalue weighted by Gasteiger charge is 2.51. The Morgan fingerprint density at radius 3 is 2.31 bits per heavy atom. The van der Waals surface area contributed by atoms with E-state index < -0.39 is 48.4 Å². The predicted molar refractivity (Wildman–Crippen MR) is 180 cm³/mol. The van der Waals surface area contributed by atoms with Crippen LogP contribution in [0.3, 0.4) is 0 Å². The van der Waals surface area contributed by atoms with Crippen LogP contribution >= 0.6 is 0 Å². The van der Waals surface area contributed by atoms with Crippen molar-refractivity contribution in [2.24, 2.45) is 5.73 Å². The van der Waals surface area contributed by atoms with E-state index in [1.807, 2.05) is 55.5 Å². The first-order valence-corrected chi connectivity index (χ1v) is 16.5. The molecule has 52 heavy (non-hydrogen) atoms. The van der Waals surface area contributed by atoms with Crippen molar-refractivity contribution < 1.29 is 47.5 Å². The number of nitrogens with zero attached hydrogens (tertiary/aromatic N) is 5. The van der Waals surface area contributed by atoms with Crippen molar-refractivity contribution in [1.82, 2.24) is 30.2 Å². The topological polar surface area (TPSA) is 214 Å². The summed E-state index contributed by atoms with van der Waals surface area (Å²) in [5.74, 6) is -2.02. The van der Waals surface area contributed by atoms with E-state index in [9.17, 15) is 14.4 Å². The summed E-state index contributed by atoms with van der Waals surface area (Å²) in [6.45, 7) is 5.33. The SMILES string of the molecule is CCOc1nc2cccc(C(=O)OC(C)(C)OC(=O)O[C@H]3CO[C@H]4C3OC[C@H]4OC(N)=O)c2n1Cc1ccc(-c2ccccc2-c2nn[nH]n2)cc1. The first-order chi connectivity index (χ1) is 25.1. The van der Waals surface area contributed by atoms with E-state index in [1.54, 1.807) is 22.8 Å². The quantitative estimate of drug-likeness (QED) is 0.112. The maximum Gasteiger partial charge on any atom is 0.512 e. The van der Waals surface area contributed by atoms with E-state index in [0.717, 1.165) is 22.3 Å². The molecule has 2 fully saturated rings. The Balaban J connectivity index is 1.07. The van der Waals surface area contributed by atoms with Crippen molar-refractivity contribution in [2.45, 2.75) is 57.5 Å². The first-order valence-electron chi connectivity index (χ1n) is 16.5. The summed E-state index contributed by atoms with van der Waals surface area (Å²) >= 11 is 0. The van der Waals surface area contributed by atoms with Crippen LogP contribution < -0.4 is 10.5 Å². The van der Waals surface area contributed by atoms with Gasteiger partial charge in [-0.3, -0.25) is 4.57 Å². The molecule has 2 aromatic heterocycles. The number of para-hydroxylation sites is 1. The number of carbonyl (C=O) groups excluding carboxylic acids is 3. The number of benzene rings is 3. The third-order valence-corrected chi connectivity index (χ3v) is 8.49. The fourth-order valence-corrected chi connectivity index (χ4v) is 6.32. The number of ether oxygens (including phenoxy) is 7. The van der Waals surface area contributed by atoms with Crippen LogP contribution in [-0.2, 0) is 35.0 Å². The van der Waals surface area contributed by atoms with Crippen LogP contribution in [0.1, 0.15) is 36.7 Å². The van der Waals surface area contributed by atoms with E-state index in [2.05, 4.69) is 25.6 Å². The van der Waals surface area contributed by atoms with Gasteiger partial charge in [-0.15, -0.1) is 10.2 Å². The number of aromatic amines is 1. The van der Waals surface area contributed by atoms with E-state index in [0.29, 0.717) is 36.0 Å². The van der Waals surface area contributed by atoms with Crippen molar-refractivity contribution in [1.29, 1.82) is 0 Å². The molecule has 2 saturated heterocycles. The average Bonchev–Trinajstić information content (AvgIpc) is 3.92. The van der Waals surface area contributed by atoms with Crippen LogP contribution in [0.25, 0.3) is 33.5 Å². The fourth-order valence-electron chi connectivity index (χ4n) is 6.32. The molecule has 2 aliphatic heterocycles. The highest BCUT2D eigenvalue weighted by atomic mass is 16.8. The van der Waals surface area contributed by atoms with Crippen molar-refractivity contribution in [3.8, 4) is 28.5 Å². The molecule has 2 aliphatic rings. The standard InChI is InChI=1S/C35H35N7O10/c1-4-46-33-37-24-11-7-10-23(31(43)51-35(2,3)52-34(45)50-26-18-48-28-25(49-32(36)44)17-47-29(26)28)27(24)42(33)16-19-12-14-20(15-13-19)21-8-5-6-9-22(21)30-38-40-41-39-30/h5-15,25-26,28-29H,4,16-18H2,1-3H3,(H2,36,44)(H,38,39,40,41)/t25-,26+,28-,29?/m1/s1. The van der Waals surface area contributed by atoms with Gasteiger partial charge in [0, 0.05) is 19.4 Å². The smallest absolute Gasteiger partial charge is 0.465 e. The summed E-state index contributed by atoms with van der Waals surface area (Å²) in [4.78, 5) is 42.4. The lowest BCUT2D eigenvalue weighted by atomic mass is 9.98. The number of amides is 1. The Morgan fingerprint density at radius 2 is 1.63 bits per heavy atom. The number of fused-ring (bicyclic) bond motifs is 2.